The van der Waals surface area contributed by atoms with Crippen LogP contribution in [0.1, 0.15) is 152 Å². The van der Waals surface area contributed by atoms with Gasteiger partial charge in [0.25, 0.3) is 14.2 Å². The standard InChI is InChI=1S/C69H90N8O8S2Si/c1-48-54(52-27-28-57(74-58(52)61(79)85-63(2,3)4)76-34-29-49-20-18-25-53(55(49)39-76)59(78)75-62-73-56-26-19-31-71-60(56)86-62)38-72-77(48)46-68-41-66(10)40-67(11,42-68)44-69(43-66,45-68)82-36-32-70-33-37-87(80,81)83-47-65(8,9)30-35-84-88(64(5,6)7,50-21-14-12-15-22-50)51-23-16-13-17-24-51/h12-28,31,38,70,80-81H,29-30,32-37,39-47H2,1-11H3,(H,73,75,78). The second kappa shape index (κ2) is 24.4. The normalized spacial score (nSPS) is 22.3. The molecule has 1 amide bonds. The van der Waals surface area contributed by atoms with E-state index in [0.717, 1.165) is 77.8 Å². The lowest BCUT2D eigenvalue weighted by Crippen LogP contribution is -2.66. The molecule has 19 heteroatoms. The summed E-state index contributed by atoms with van der Waals surface area (Å²) in [5, 5.41) is 14.3. The number of nitrogens with one attached hydrogen (secondary N) is 2. The predicted octanol–water partition coefficient (Wildman–Crippen LogP) is 13.4. The molecule has 4 N–H and O–H groups in total. The summed E-state index contributed by atoms with van der Waals surface area (Å²) in [5.41, 5.74) is 4.68. The number of anilines is 2. The Morgan fingerprint density at radius 3 is 2.16 bits per heavy atom. The van der Waals surface area contributed by atoms with Gasteiger partial charge in [-0.15, -0.1) is 0 Å². The Kier molecular flexibility index (Phi) is 17.7. The van der Waals surface area contributed by atoms with Gasteiger partial charge in [-0.3, -0.25) is 19.0 Å². The number of fused-ring (bicyclic) bond motifs is 2. The third-order valence-corrected chi connectivity index (χ3v) is 25.8. The SMILES string of the molecule is Cc1c(-c2ccc(N3CCc4cccc(C(=O)Nc5nc6cccnc6s5)c4C3)nc2C(=O)OC(C)(C)C)cnn1CC12CC3(C)CC(C)(C1)CC(OCCNCCS(O)(O)OCC(C)(C)CCO[Si](c1ccccc1)(c1ccccc1)C(C)(C)C)(C3)C2. The first-order chi connectivity index (χ1) is 41.6. The molecule has 88 heavy (non-hydrogen) atoms. The van der Waals surface area contributed by atoms with E-state index >= 15 is 0 Å². The molecule has 2 atom stereocenters. The number of esters is 1. The molecule has 4 bridgehead atoms. The van der Waals surface area contributed by atoms with Gasteiger partial charge < -0.3 is 33.2 Å². The van der Waals surface area contributed by atoms with Crippen molar-refractivity contribution in [3.8, 4) is 11.1 Å². The van der Waals surface area contributed by atoms with Gasteiger partial charge in [-0.05, 0) is 158 Å². The Balaban J connectivity index is 0.715. The summed E-state index contributed by atoms with van der Waals surface area (Å²) in [5.74, 6) is -0.0530. The van der Waals surface area contributed by atoms with E-state index in [9.17, 15) is 18.7 Å². The van der Waals surface area contributed by atoms with E-state index in [0.29, 0.717) is 74.3 Å². The molecule has 16 nitrogen and oxygen atoms in total. The highest BCUT2D eigenvalue weighted by Crippen LogP contribution is 2.72. The van der Waals surface area contributed by atoms with E-state index < -0.39 is 30.8 Å². The lowest BCUT2D eigenvalue weighted by Gasteiger charge is -2.69. The number of hydrogen-bond acceptors (Lipinski definition) is 15. The minimum absolute atomic E-state index is 0.0584. The van der Waals surface area contributed by atoms with Crippen molar-refractivity contribution in [2.24, 2.45) is 21.7 Å². The van der Waals surface area contributed by atoms with Crippen molar-refractivity contribution in [3.05, 3.63) is 144 Å². The maximum Gasteiger partial charge on any atom is 0.358 e. The third-order valence-electron chi connectivity index (χ3n) is 18.6. The molecule has 0 radical (unpaired) electrons. The van der Waals surface area contributed by atoms with Gasteiger partial charge in [-0.25, -0.2) is 19.7 Å². The predicted molar refractivity (Wildman–Crippen MR) is 355 cm³/mol. The van der Waals surface area contributed by atoms with Crippen LogP contribution in [0.3, 0.4) is 0 Å². The molecule has 4 aromatic heterocycles. The van der Waals surface area contributed by atoms with Gasteiger partial charge in [0.15, 0.2) is 10.8 Å². The van der Waals surface area contributed by atoms with Crippen molar-refractivity contribution < 1.29 is 36.8 Å². The Hall–Kier alpha value is -5.87. The van der Waals surface area contributed by atoms with Crippen LogP contribution in [0.4, 0.5) is 10.9 Å². The number of aromatic nitrogens is 5. The van der Waals surface area contributed by atoms with Crippen LogP contribution in [0.5, 0.6) is 0 Å². The number of carbonyl (C=O) groups excluding carboxylic acids is 2. The zero-order valence-corrected chi connectivity index (χ0v) is 56.0. The van der Waals surface area contributed by atoms with E-state index in [4.69, 9.17) is 28.2 Å². The first-order valence-corrected chi connectivity index (χ1v) is 35.6. The molecular formula is C69H90N8O8S2Si. The van der Waals surface area contributed by atoms with E-state index in [1.807, 2.05) is 75.5 Å². The van der Waals surface area contributed by atoms with E-state index in [-0.39, 0.29) is 56.3 Å². The monoisotopic (exact) mass is 1250 g/mol. The number of hydrogen-bond donors (Lipinski definition) is 4. The van der Waals surface area contributed by atoms with Crippen molar-refractivity contribution >= 4 is 74.1 Å². The van der Waals surface area contributed by atoms with Crippen LogP contribution < -0.4 is 25.9 Å². The van der Waals surface area contributed by atoms with Gasteiger partial charge in [0.1, 0.15) is 21.8 Å². The zero-order valence-electron chi connectivity index (χ0n) is 53.3. The second-order valence-electron chi connectivity index (χ2n) is 29.2. The fourth-order valence-corrected chi connectivity index (χ4v) is 22.3. The van der Waals surface area contributed by atoms with E-state index in [2.05, 4.69) is 140 Å². The quantitative estimate of drug-likeness (QED) is 0.0268. The van der Waals surface area contributed by atoms with Crippen molar-refractivity contribution in [2.75, 3.05) is 55.4 Å². The smallest absolute Gasteiger partial charge is 0.358 e. The number of carbonyl (C=O) groups is 2. The highest BCUT2D eigenvalue weighted by molar-refractivity contribution is 8.20. The Labute approximate surface area is 526 Å². The minimum atomic E-state index is -3.31. The molecule has 0 spiro atoms. The first kappa shape index (κ1) is 63.7. The number of nitrogens with zero attached hydrogens (tertiary/aromatic N) is 6. The molecule has 0 saturated heterocycles. The van der Waals surface area contributed by atoms with E-state index in [1.54, 1.807) is 6.20 Å². The molecule has 470 valence electrons. The highest BCUT2D eigenvalue weighted by Gasteiger charge is 2.66. The summed E-state index contributed by atoms with van der Waals surface area (Å²) in [6, 6.07) is 34.7. The Morgan fingerprint density at radius 1 is 0.784 bits per heavy atom. The largest absolute Gasteiger partial charge is 0.455 e. The van der Waals surface area contributed by atoms with Crippen LogP contribution >= 0.6 is 22.2 Å². The van der Waals surface area contributed by atoms with Crippen LogP contribution in [0.15, 0.2) is 116 Å². The maximum atomic E-state index is 14.3. The summed E-state index contributed by atoms with van der Waals surface area (Å²) in [6.07, 6.45) is 11.2. The van der Waals surface area contributed by atoms with Crippen molar-refractivity contribution in [2.45, 2.75) is 157 Å². The number of pyridine rings is 2. The molecule has 7 aromatic rings. The zero-order chi connectivity index (χ0) is 62.5. The number of amides is 1. The molecule has 5 aliphatic rings. The van der Waals surface area contributed by atoms with Crippen molar-refractivity contribution in [1.82, 2.24) is 30.0 Å². The molecule has 12 rings (SSSR count). The fraction of sp³-hybridized carbons (Fsp3) is 0.507. The summed E-state index contributed by atoms with van der Waals surface area (Å²) in [6.45, 7) is 27.5. The lowest BCUT2D eigenvalue weighted by atomic mass is 9.39. The maximum absolute atomic E-state index is 14.3. The molecule has 1 aliphatic heterocycles. The lowest BCUT2D eigenvalue weighted by molar-refractivity contribution is -0.247. The van der Waals surface area contributed by atoms with Crippen LogP contribution in [0, 0.1) is 28.6 Å². The van der Waals surface area contributed by atoms with Gasteiger partial charge in [0.05, 0.1) is 41.6 Å². The minimum Gasteiger partial charge on any atom is -0.455 e. The number of benzene rings is 3. The van der Waals surface area contributed by atoms with Gasteiger partial charge in [-0.2, -0.15) is 5.10 Å². The molecular weight excluding hydrogens is 1160 g/mol. The third kappa shape index (κ3) is 13.7. The van der Waals surface area contributed by atoms with Gasteiger partial charge in [0, 0.05) is 67.9 Å². The number of thiazole rings is 1. The van der Waals surface area contributed by atoms with Crippen molar-refractivity contribution in [1.29, 1.82) is 0 Å². The number of ether oxygens (including phenoxy) is 2. The van der Waals surface area contributed by atoms with Gasteiger partial charge in [-0.1, -0.05) is 133 Å². The molecule has 3 aromatic carbocycles. The highest BCUT2D eigenvalue weighted by atomic mass is 32.3. The second-order valence-corrected chi connectivity index (χ2v) is 36.4. The molecule has 4 fully saturated rings. The molecule has 4 aliphatic carbocycles. The van der Waals surface area contributed by atoms with Gasteiger partial charge >= 0.3 is 5.97 Å². The topological polar surface area (TPSA) is 195 Å². The van der Waals surface area contributed by atoms with E-state index in [1.165, 1.54) is 21.7 Å². The Bertz CT molecular complexity index is 3570. The van der Waals surface area contributed by atoms with Crippen LogP contribution in [-0.4, -0.2) is 110 Å². The first-order valence-electron chi connectivity index (χ1n) is 31.2. The molecule has 5 heterocycles. The van der Waals surface area contributed by atoms with Crippen LogP contribution in [0.25, 0.3) is 21.5 Å². The summed E-state index contributed by atoms with van der Waals surface area (Å²) in [4.78, 5) is 45.2. The average Bonchev–Trinajstić information content (AvgIpc) is 0.715. The molecule has 2 unspecified atom stereocenters. The van der Waals surface area contributed by atoms with Crippen LogP contribution in [-0.2, 0) is 37.6 Å². The summed E-state index contributed by atoms with van der Waals surface area (Å²) >= 11 is 1.34. The summed E-state index contributed by atoms with van der Waals surface area (Å²) < 4.78 is 50.7. The summed E-state index contributed by atoms with van der Waals surface area (Å²) in [7, 11) is -6.02. The Morgan fingerprint density at radius 2 is 1.49 bits per heavy atom. The fourth-order valence-electron chi connectivity index (χ4n) is 15.9. The number of rotatable bonds is 23. The molecule has 4 saturated carbocycles. The van der Waals surface area contributed by atoms with Gasteiger partial charge in [0.2, 0.25) is 0 Å². The van der Waals surface area contributed by atoms with Crippen molar-refractivity contribution in [3.63, 3.8) is 0 Å². The van der Waals surface area contributed by atoms with Crippen LogP contribution in [0.2, 0.25) is 5.04 Å². The average molecular weight is 1250 g/mol.